The number of rotatable bonds is 3. The average Bonchev–Trinajstić information content (AvgIpc) is 3.02. The van der Waals surface area contributed by atoms with Gasteiger partial charge in [-0.15, -0.1) is 0 Å². The number of furan rings is 1. The van der Waals surface area contributed by atoms with E-state index in [1.165, 1.54) is 0 Å². The van der Waals surface area contributed by atoms with Crippen LogP contribution >= 0.6 is 11.6 Å². The highest BCUT2D eigenvalue weighted by atomic mass is 35.5. The molecule has 1 aliphatic heterocycles. The fourth-order valence-corrected chi connectivity index (χ4v) is 2.69. The van der Waals surface area contributed by atoms with Gasteiger partial charge in [0.15, 0.2) is 0 Å². The van der Waals surface area contributed by atoms with Crippen LogP contribution in [0.1, 0.15) is 35.6 Å². The molecule has 1 atom stereocenters. The molecule has 0 spiro atoms. The number of amides is 1. The maximum Gasteiger partial charge on any atom is 0.228 e. The SMILES string of the molecule is CCc1ccc(C(N)c2cc3c(cc2Cl)NC(=O)C3)o1. The standard InChI is InChI=1S/C15H15ClN2O2/c1-2-9-3-4-13(20-9)15(17)10-5-8-6-14(19)18-12(8)7-11(10)16/h3-5,7,15H,2,6,17H2,1H3,(H,18,19). The van der Waals surface area contributed by atoms with E-state index in [2.05, 4.69) is 5.32 Å². The molecule has 0 saturated carbocycles. The van der Waals surface area contributed by atoms with E-state index in [1.54, 1.807) is 6.07 Å². The minimum absolute atomic E-state index is 0.0203. The van der Waals surface area contributed by atoms with E-state index >= 15 is 0 Å². The van der Waals surface area contributed by atoms with Crippen LogP contribution in [0.15, 0.2) is 28.7 Å². The zero-order chi connectivity index (χ0) is 14.3. The van der Waals surface area contributed by atoms with Crippen LogP contribution in [0.4, 0.5) is 5.69 Å². The van der Waals surface area contributed by atoms with Crippen molar-refractivity contribution in [2.24, 2.45) is 5.73 Å². The summed E-state index contributed by atoms with van der Waals surface area (Å²) in [4.78, 5) is 11.4. The van der Waals surface area contributed by atoms with E-state index in [0.717, 1.165) is 29.0 Å². The van der Waals surface area contributed by atoms with Crippen molar-refractivity contribution in [3.8, 4) is 0 Å². The van der Waals surface area contributed by atoms with Gasteiger partial charge in [0, 0.05) is 17.1 Å². The van der Waals surface area contributed by atoms with Crippen LogP contribution in [0.3, 0.4) is 0 Å². The first-order valence-corrected chi connectivity index (χ1v) is 6.92. The molecule has 1 aromatic carbocycles. The molecule has 1 unspecified atom stereocenters. The smallest absolute Gasteiger partial charge is 0.228 e. The zero-order valence-electron chi connectivity index (χ0n) is 11.1. The number of carbonyl (C=O) groups excluding carboxylic acids is 1. The molecule has 20 heavy (non-hydrogen) atoms. The molecular formula is C15H15ClN2O2. The second-order valence-corrected chi connectivity index (χ2v) is 5.30. The van der Waals surface area contributed by atoms with E-state index < -0.39 is 6.04 Å². The molecule has 0 fully saturated rings. The summed E-state index contributed by atoms with van der Waals surface area (Å²) in [7, 11) is 0. The van der Waals surface area contributed by atoms with Gasteiger partial charge in [-0.05, 0) is 35.4 Å². The lowest BCUT2D eigenvalue weighted by atomic mass is 10.0. The van der Waals surface area contributed by atoms with E-state index in [0.29, 0.717) is 17.2 Å². The number of hydrogen-bond donors (Lipinski definition) is 2. The molecule has 1 amide bonds. The summed E-state index contributed by atoms with van der Waals surface area (Å²) in [6.45, 7) is 2.02. The Morgan fingerprint density at radius 2 is 2.25 bits per heavy atom. The number of aryl methyl sites for hydroxylation is 1. The van der Waals surface area contributed by atoms with Crippen molar-refractivity contribution in [3.05, 3.63) is 51.9 Å². The first-order valence-electron chi connectivity index (χ1n) is 6.55. The monoisotopic (exact) mass is 290 g/mol. The summed E-state index contributed by atoms with van der Waals surface area (Å²) >= 11 is 6.27. The topological polar surface area (TPSA) is 68.3 Å². The first kappa shape index (κ1) is 13.2. The predicted molar refractivity (Wildman–Crippen MR) is 77.9 cm³/mol. The number of nitrogens with one attached hydrogen (secondary N) is 1. The third-order valence-electron chi connectivity index (χ3n) is 3.52. The van der Waals surface area contributed by atoms with Crippen LogP contribution < -0.4 is 11.1 Å². The first-order chi connectivity index (χ1) is 9.58. The van der Waals surface area contributed by atoms with Crippen LogP contribution in [0.25, 0.3) is 0 Å². The summed E-state index contributed by atoms with van der Waals surface area (Å²) in [6, 6.07) is 7.00. The Kier molecular flexibility index (Phi) is 3.28. The minimum atomic E-state index is -0.427. The molecule has 2 aromatic rings. The average molecular weight is 291 g/mol. The maximum absolute atomic E-state index is 11.4. The molecule has 1 aliphatic rings. The second kappa shape index (κ2) is 4.96. The number of nitrogens with two attached hydrogens (primary N) is 1. The van der Waals surface area contributed by atoms with Crippen molar-refractivity contribution >= 4 is 23.2 Å². The van der Waals surface area contributed by atoms with E-state index in [4.69, 9.17) is 21.8 Å². The molecule has 5 heteroatoms. The Morgan fingerprint density at radius 1 is 1.45 bits per heavy atom. The summed E-state index contributed by atoms with van der Waals surface area (Å²) in [6.07, 6.45) is 1.19. The fraction of sp³-hybridized carbons (Fsp3) is 0.267. The third kappa shape index (κ3) is 2.21. The number of benzene rings is 1. The Balaban J connectivity index is 1.97. The fourth-order valence-electron chi connectivity index (χ4n) is 2.41. The molecule has 0 aliphatic carbocycles. The van der Waals surface area contributed by atoms with Gasteiger partial charge in [-0.25, -0.2) is 0 Å². The van der Waals surface area contributed by atoms with Gasteiger partial charge in [0.05, 0.1) is 12.5 Å². The Labute approximate surface area is 121 Å². The third-order valence-corrected chi connectivity index (χ3v) is 3.85. The van der Waals surface area contributed by atoms with Crippen molar-refractivity contribution < 1.29 is 9.21 Å². The van der Waals surface area contributed by atoms with Gasteiger partial charge < -0.3 is 15.5 Å². The highest BCUT2D eigenvalue weighted by molar-refractivity contribution is 6.32. The number of anilines is 1. The van der Waals surface area contributed by atoms with E-state index in [1.807, 2.05) is 25.1 Å². The van der Waals surface area contributed by atoms with Crippen molar-refractivity contribution in [1.82, 2.24) is 0 Å². The van der Waals surface area contributed by atoms with Gasteiger partial charge in [0.1, 0.15) is 11.5 Å². The Bertz CT molecular complexity index is 679. The number of hydrogen-bond acceptors (Lipinski definition) is 3. The highest BCUT2D eigenvalue weighted by Gasteiger charge is 2.23. The number of carbonyl (C=O) groups is 1. The summed E-state index contributed by atoms with van der Waals surface area (Å²) in [5, 5.41) is 3.30. The van der Waals surface area contributed by atoms with Crippen molar-refractivity contribution in [2.45, 2.75) is 25.8 Å². The van der Waals surface area contributed by atoms with Crippen LogP contribution in [-0.2, 0) is 17.6 Å². The molecule has 4 nitrogen and oxygen atoms in total. The maximum atomic E-state index is 11.4. The Morgan fingerprint density at radius 3 is 2.95 bits per heavy atom. The van der Waals surface area contributed by atoms with Gasteiger partial charge in [-0.3, -0.25) is 4.79 Å². The van der Waals surface area contributed by atoms with Crippen LogP contribution in [0.5, 0.6) is 0 Å². The van der Waals surface area contributed by atoms with Gasteiger partial charge in [-0.1, -0.05) is 18.5 Å². The molecule has 3 rings (SSSR count). The van der Waals surface area contributed by atoms with E-state index in [-0.39, 0.29) is 5.91 Å². The van der Waals surface area contributed by atoms with Gasteiger partial charge in [0.2, 0.25) is 5.91 Å². The molecule has 3 N–H and O–H groups in total. The molecule has 104 valence electrons. The highest BCUT2D eigenvalue weighted by Crippen LogP contribution is 2.34. The van der Waals surface area contributed by atoms with Crippen LogP contribution in [0.2, 0.25) is 5.02 Å². The minimum Gasteiger partial charge on any atom is -0.464 e. The van der Waals surface area contributed by atoms with Gasteiger partial charge in [0.25, 0.3) is 0 Å². The van der Waals surface area contributed by atoms with E-state index in [9.17, 15) is 4.79 Å². The van der Waals surface area contributed by atoms with Crippen molar-refractivity contribution in [2.75, 3.05) is 5.32 Å². The summed E-state index contributed by atoms with van der Waals surface area (Å²) < 4.78 is 5.68. The summed E-state index contributed by atoms with van der Waals surface area (Å²) in [5.41, 5.74) is 8.70. The molecule has 2 heterocycles. The largest absolute Gasteiger partial charge is 0.464 e. The van der Waals surface area contributed by atoms with Gasteiger partial charge in [-0.2, -0.15) is 0 Å². The van der Waals surface area contributed by atoms with Gasteiger partial charge >= 0.3 is 0 Å². The Hall–Kier alpha value is -1.78. The lowest BCUT2D eigenvalue weighted by molar-refractivity contribution is -0.115. The van der Waals surface area contributed by atoms with Crippen LogP contribution in [-0.4, -0.2) is 5.91 Å². The quantitative estimate of drug-likeness (QED) is 0.913. The number of fused-ring (bicyclic) bond motifs is 1. The normalized spacial score (nSPS) is 15.1. The molecule has 0 saturated heterocycles. The number of halogens is 1. The molecular weight excluding hydrogens is 276 g/mol. The predicted octanol–water partition coefficient (Wildman–Crippen LogP) is 3.04. The second-order valence-electron chi connectivity index (χ2n) is 4.89. The molecule has 0 radical (unpaired) electrons. The molecule has 0 bridgehead atoms. The lowest BCUT2D eigenvalue weighted by Gasteiger charge is -2.13. The zero-order valence-corrected chi connectivity index (χ0v) is 11.8. The van der Waals surface area contributed by atoms with Crippen LogP contribution in [0, 0.1) is 0 Å². The lowest BCUT2D eigenvalue weighted by Crippen LogP contribution is -2.12. The molecule has 1 aromatic heterocycles. The van der Waals surface area contributed by atoms with Crippen molar-refractivity contribution in [1.29, 1.82) is 0 Å². The summed E-state index contributed by atoms with van der Waals surface area (Å²) in [5.74, 6) is 1.55. The van der Waals surface area contributed by atoms with Crippen molar-refractivity contribution in [3.63, 3.8) is 0 Å².